The second-order valence-electron chi connectivity index (χ2n) is 3.95. The highest BCUT2D eigenvalue weighted by Gasteiger charge is 2.08. The highest BCUT2D eigenvalue weighted by Crippen LogP contribution is 2.20. The minimum absolute atomic E-state index is 0.00972. The first kappa shape index (κ1) is 13.9. The largest absolute Gasteiger partial charge is 0.492 e. The molecular weight excluding hydrogens is 245 g/mol. The summed E-state index contributed by atoms with van der Waals surface area (Å²) in [7, 11) is -3.06. The highest BCUT2D eigenvalue weighted by molar-refractivity contribution is 7.90. The maximum absolute atomic E-state index is 13.5. The Bertz CT molecular complexity index is 485. The molecule has 1 rings (SSSR count). The van der Waals surface area contributed by atoms with E-state index in [2.05, 4.69) is 0 Å². The lowest BCUT2D eigenvalue weighted by atomic mass is 10.1. The first-order chi connectivity index (χ1) is 7.79. The number of ether oxygens (including phenoxy) is 1. The molecule has 0 bridgehead atoms. The molecular formula is C11H16FNO3S. The molecule has 0 saturated heterocycles. The van der Waals surface area contributed by atoms with Crippen molar-refractivity contribution in [2.24, 2.45) is 5.73 Å². The van der Waals surface area contributed by atoms with Crippen molar-refractivity contribution in [1.82, 2.24) is 0 Å². The Morgan fingerprint density at radius 3 is 2.59 bits per heavy atom. The fourth-order valence-electron chi connectivity index (χ4n) is 1.28. The van der Waals surface area contributed by atoms with Gasteiger partial charge in [-0.25, -0.2) is 12.8 Å². The lowest BCUT2D eigenvalue weighted by molar-refractivity contribution is 0.338. The maximum atomic E-state index is 13.5. The van der Waals surface area contributed by atoms with Crippen LogP contribution in [0.2, 0.25) is 0 Å². The molecule has 1 unspecified atom stereocenters. The number of hydrogen-bond donors (Lipinski definition) is 1. The number of nitrogens with two attached hydrogens (primary N) is 1. The number of rotatable bonds is 5. The summed E-state index contributed by atoms with van der Waals surface area (Å²) in [4.78, 5) is 0. The summed E-state index contributed by atoms with van der Waals surface area (Å²) in [6, 6.07) is 3.93. The molecule has 0 aliphatic rings. The SMILES string of the molecule is CC(N)c1ccc(OCCS(C)(=O)=O)cc1F. The van der Waals surface area contributed by atoms with Crippen molar-refractivity contribution in [3.05, 3.63) is 29.6 Å². The molecule has 0 saturated carbocycles. The molecule has 6 heteroatoms. The predicted octanol–water partition coefficient (Wildman–Crippen LogP) is 1.27. The normalized spacial score (nSPS) is 13.4. The third-order valence-electron chi connectivity index (χ3n) is 2.19. The summed E-state index contributed by atoms with van der Waals surface area (Å²) in [5, 5.41) is 0. The van der Waals surface area contributed by atoms with Gasteiger partial charge in [0.15, 0.2) is 9.84 Å². The van der Waals surface area contributed by atoms with Crippen LogP contribution in [-0.4, -0.2) is 27.0 Å². The molecule has 2 N–H and O–H groups in total. The third kappa shape index (κ3) is 4.70. The lowest BCUT2D eigenvalue weighted by Crippen LogP contribution is -2.12. The molecule has 0 heterocycles. The van der Waals surface area contributed by atoms with Crippen LogP contribution in [0.5, 0.6) is 5.75 Å². The second kappa shape index (κ2) is 5.46. The van der Waals surface area contributed by atoms with Gasteiger partial charge in [-0.1, -0.05) is 6.07 Å². The van der Waals surface area contributed by atoms with E-state index >= 15 is 0 Å². The van der Waals surface area contributed by atoms with Crippen molar-refractivity contribution in [2.45, 2.75) is 13.0 Å². The lowest BCUT2D eigenvalue weighted by Gasteiger charge is -2.10. The van der Waals surface area contributed by atoms with Crippen molar-refractivity contribution < 1.29 is 17.5 Å². The molecule has 96 valence electrons. The smallest absolute Gasteiger partial charge is 0.150 e. The average Bonchev–Trinajstić information content (AvgIpc) is 2.15. The van der Waals surface area contributed by atoms with Gasteiger partial charge in [-0.2, -0.15) is 0 Å². The molecule has 0 amide bonds. The Hall–Kier alpha value is -1.14. The minimum atomic E-state index is -3.06. The standard InChI is InChI=1S/C11H16FNO3S/c1-8(13)10-4-3-9(7-11(10)12)16-5-6-17(2,14)15/h3-4,7-8H,5-6,13H2,1-2H3. The summed E-state index contributed by atoms with van der Waals surface area (Å²) in [6.07, 6.45) is 1.12. The van der Waals surface area contributed by atoms with Crippen molar-refractivity contribution in [1.29, 1.82) is 0 Å². The molecule has 1 aromatic carbocycles. The van der Waals surface area contributed by atoms with Gasteiger partial charge in [0.1, 0.15) is 18.2 Å². The molecule has 17 heavy (non-hydrogen) atoms. The fraction of sp³-hybridized carbons (Fsp3) is 0.455. The summed E-state index contributed by atoms with van der Waals surface area (Å²) in [5.41, 5.74) is 5.96. The molecule has 0 aliphatic heterocycles. The molecule has 0 fully saturated rings. The summed E-state index contributed by atoms with van der Waals surface area (Å²) >= 11 is 0. The maximum Gasteiger partial charge on any atom is 0.150 e. The van der Waals surface area contributed by atoms with E-state index in [0.717, 1.165) is 6.26 Å². The predicted molar refractivity (Wildman–Crippen MR) is 64.2 cm³/mol. The van der Waals surface area contributed by atoms with Gasteiger partial charge in [0, 0.05) is 23.9 Å². The van der Waals surface area contributed by atoms with Gasteiger partial charge in [-0.15, -0.1) is 0 Å². The van der Waals surface area contributed by atoms with Crippen LogP contribution >= 0.6 is 0 Å². The number of halogens is 1. The first-order valence-corrected chi connectivity index (χ1v) is 7.21. The first-order valence-electron chi connectivity index (χ1n) is 5.15. The van der Waals surface area contributed by atoms with E-state index < -0.39 is 15.7 Å². The van der Waals surface area contributed by atoms with E-state index in [1.807, 2.05) is 0 Å². The topological polar surface area (TPSA) is 69.4 Å². The Morgan fingerprint density at radius 2 is 2.12 bits per heavy atom. The average molecular weight is 261 g/mol. The van der Waals surface area contributed by atoms with Crippen molar-refractivity contribution in [2.75, 3.05) is 18.6 Å². The van der Waals surface area contributed by atoms with E-state index in [9.17, 15) is 12.8 Å². The number of benzene rings is 1. The fourth-order valence-corrected chi connectivity index (χ4v) is 1.66. The van der Waals surface area contributed by atoms with E-state index in [-0.39, 0.29) is 18.4 Å². The number of sulfone groups is 1. The van der Waals surface area contributed by atoms with E-state index in [4.69, 9.17) is 10.5 Å². The van der Waals surface area contributed by atoms with E-state index in [1.54, 1.807) is 13.0 Å². The van der Waals surface area contributed by atoms with Crippen molar-refractivity contribution >= 4 is 9.84 Å². The summed E-state index contributed by atoms with van der Waals surface area (Å²) in [6.45, 7) is 1.69. The van der Waals surface area contributed by atoms with Crippen LogP contribution in [0.15, 0.2) is 18.2 Å². The van der Waals surface area contributed by atoms with Gasteiger partial charge in [-0.3, -0.25) is 0 Å². The van der Waals surface area contributed by atoms with Gasteiger partial charge < -0.3 is 10.5 Å². The van der Waals surface area contributed by atoms with Crippen LogP contribution in [0.4, 0.5) is 4.39 Å². The van der Waals surface area contributed by atoms with Gasteiger partial charge in [0.05, 0.1) is 5.75 Å². The Balaban J connectivity index is 2.65. The monoisotopic (exact) mass is 261 g/mol. The zero-order valence-corrected chi connectivity index (χ0v) is 10.6. The van der Waals surface area contributed by atoms with Gasteiger partial charge in [0.25, 0.3) is 0 Å². The molecule has 4 nitrogen and oxygen atoms in total. The van der Waals surface area contributed by atoms with Crippen LogP contribution in [0.1, 0.15) is 18.5 Å². The molecule has 0 aliphatic carbocycles. The summed E-state index contributed by atoms with van der Waals surface area (Å²) in [5.74, 6) is -0.240. The second-order valence-corrected chi connectivity index (χ2v) is 6.21. The highest BCUT2D eigenvalue weighted by atomic mass is 32.2. The zero-order chi connectivity index (χ0) is 13.1. The minimum Gasteiger partial charge on any atom is -0.492 e. The molecule has 1 atom stereocenters. The Kier molecular flexibility index (Phi) is 4.47. The van der Waals surface area contributed by atoms with E-state index in [0.29, 0.717) is 11.3 Å². The Labute approximate surface area is 101 Å². The molecule has 0 spiro atoms. The van der Waals surface area contributed by atoms with Crippen LogP contribution in [0.3, 0.4) is 0 Å². The van der Waals surface area contributed by atoms with Crippen molar-refractivity contribution in [3.63, 3.8) is 0 Å². The van der Waals surface area contributed by atoms with Gasteiger partial charge in [-0.05, 0) is 13.0 Å². The quantitative estimate of drug-likeness (QED) is 0.866. The third-order valence-corrected chi connectivity index (χ3v) is 3.09. The van der Waals surface area contributed by atoms with Gasteiger partial charge >= 0.3 is 0 Å². The van der Waals surface area contributed by atoms with Crippen LogP contribution < -0.4 is 10.5 Å². The van der Waals surface area contributed by atoms with Crippen LogP contribution in [0, 0.1) is 5.82 Å². The van der Waals surface area contributed by atoms with Crippen LogP contribution in [0.25, 0.3) is 0 Å². The molecule has 1 aromatic rings. The van der Waals surface area contributed by atoms with Crippen LogP contribution in [-0.2, 0) is 9.84 Å². The molecule has 0 aromatic heterocycles. The number of hydrogen-bond acceptors (Lipinski definition) is 4. The summed E-state index contributed by atoms with van der Waals surface area (Å²) < 4.78 is 40.3. The zero-order valence-electron chi connectivity index (χ0n) is 9.81. The molecule has 0 radical (unpaired) electrons. The van der Waals surface area contributed by atoms with Gasteiger partial charge in [0.2, 0.25) is 0 Å². The van der Waals surface area contributed by atoms with Crippen molar-refractivity contribution in [3.8, 4) is 5.75 Å². The Morgan fingerprint density at radius 1 is 1.47 bits per heavy atom. The van der Waals surface area contributed by atoms with E-state index in [1.165, 1.54) is 12.1 Å².